The zero-order valence-electron chi connectivity index (χ0n) is 15.0. The quantitative estimate of drug-likeness (QED) is 0.534. The number of amides is 3. The second-order valence-electron chi connectivity index (χ2n) is 6.03. The predicted octanol–water partition coefficient (Wildman–Crippen LogP) is 2.53. The summed E-state index contributed by atoms with van der Waals surface area (Å²) in [4.78, 5) is 35.2. The van der Waals surface area contributed by atoms with Crippen LogP contribution in [0.25, 0.3) is 10.9 Å². The lowest BCUT2D eigenvalue weighted by molar-refractivity contribution is -0.119. The lowest BCUT2D eigenvalue weighted by atomic mass is 10.2. The first-order valence-electron chi connectivity index (χ1n) is 8.43. The summed E-state index contributed by atoms with van der Waals surface area (Å²) in [6.45, 7) is -0.640. The van der Waals surface area contributed by atoms with Gasteiger partial charge in [0.05, 0.1) is 5.52 Å². The Balaban J connectivity index is 1.74. The van der Waals surface area contributed by atoms with Crippen molar-refractivity contribution in [2.24, 2.45) is 16.0 Å². The average molecular weight is 414 g/mol. The monoisotopic (exact) mass is 413 g/mol. The number of azo groups is 1. The third-order valence-electron chi connectivity index (χ3n) is 4.00. The zero-order valence-corrected chi connectivity index (χ0v) is 15.8. The third-order valence-corrected chi connectivity index (χ3v) is 4.25. The Morgan fingerprint density at radius 1 is 1.10 bits per heavy atom. The molecule has 1 heterocycles. The number of aromatic hydroxyl groups is 1. The van der Waals surface area contributed by atoms with Gasteiger partial charge in [0, 0.05) is 16.0 Å². The fourth-order valence-corrected chi connectivity index (χ4v) is 2.81. The van der Waals surface area contributed by atoms with Gasteiger partial charge in [-0.2, -0.15) is 0 Å². The number of fused-ring (bicyclic) bond motifs is 1. The van der Waals surface area contributed by atoms with Crippen molar-refractivity contribution in [2.45, 2.75) is 6.54 Å². The Hall–Kier alpha value is -3.72. The number of hydrogen-bond acceptors (Lipinski definition) is 5. The largest absolute Gasteiger partial charge is 0.493 e. The van der Waals surface area contributed by atoms with Crippen LogP contribution in [0.5, 0.6) is 5.88 Å². The standard InChI is InChI=1S/C19H16ClN5O4/c20-12-7-5-11(6-8-12)18(28)22-9-16(27)23-24-17-13-3-1-2-4-14(13)25(19(17)29)10-15(21)26/h1-8,29H,9-10H2,(H2,21,26)(H,22,28). The molecular weight excluding hydrogens is 398 g/mol. The van der Waals surface area contributed by atoms with Gasteiger partial charge in [-0.15, -0.1) is 10.2 Å². The van der Waals surface area contributed by atoms with Crippen LogP contribution < -0.4 is 11.1 Å². The van der Waals surface area contributed by atoms with E-state index in [0.29, 0.717) is 21.5 Å². The number of nitrogens with two attached hydrogens (primary N) is 1. The lowest BCUT2D eigenvalue weighted by Crippen LogP contribution is -2.28. The molecule has 148 valence electrons. The van der Waals surface area contributed by atoms with Crippen molar-refractivity contribution in [3.05, 3.63) is 59.1 Å². The van der Waals surface area contributed by atoms with Gasteiger partial charge in [-0.25, -0.2) is 0 Å². The maximum Gasteiger partial charge on any atom is 0.283 e. The molecule has 3 amide bonds. The van der Waals surface area contributed by atoms with E-state index in [1.54, 1.807) is 36.4 Å². The highest BCUT2D eigenvalue weighted by atomic mass is 35.5. The number of hydrogen-bond donors (Lipinski definition) is 3. The molecule has 9 nitrogen and oxygen atoms in total. The lowest BCUT2D eigenvalue weighted by Gasteiger charge is -2.03. The highest BCUT2D eigenvalue weighted by Gasteiger charge is 2.18. The molecule has 4 N–H and O–H groups in total. The van der Waals surface area contributed by atoms with Gasteiger partial charge >= 0.3 is 0 Å². The van der Waals surface area contributed by atoms with E-state index in [1.165, 1.54) is 16.7 Å². The molecule has 0 aliphatic rings. The first-order valence-corrected chi connectivity index (χ1v) is 8.81. The molecule has 2 aromatic carbocycles. The molecule has 1 aromatic heterocycles. The van der Waals surface area contributed by atoms with E-state index in [9.17, 15) is 19.5 Å². The summed E-state index contributed by atoms with van der Waals surface area (Å²) in [7, 11) is 0. The molecule has 29 heavy (non-hydrogen) atoms. The number of benzene rings is 2. The third kappa shape index (κ3) is 4.58. The molecule has 0 unspecified atom stereocenters. The Kier molecular flexibility index (Phi) is 5.89. The van der Waals surface area contributed by atoms with E-state index in [-0.39, 0.29) is 24.7 Å². The summed E-state index contributed by atoms with van der Waals surface area (Å²) < 4.78 is 1.28. The molecule has 3 rings (SSSR count). The van der Waals surface area contributed by atoms with Crippen LogP contribution in [0.1, 0.15) is 10.4 Å². The first kappa shape index (κ1) is 20.0. The predicted molar refractivity (Wildman–Crippen MR) is 106 cm³/mol. The van der Waals surface area contributed by atoms with Crippen LogP contribution in [0.3, 0.4) is 0 Å². The number of primary amides is 1. The smallest absolute Gasteiger partial charge is 0.283 e. The summed E-state index contributed by atoms with van der Waals surface area (Å²) in [6, 6.07) is 12.9. The van der Waals surface area contributed by atoms with E-state index in [2.05, 4.69) is 15.5 Å². The van der Waals surface area contributed by atoms with Crippen molar-refractivity contribution < 1.29 is 19.5 Å². The number of nitrogens with zero attached hydrogens (tertiary/aromatic N) is 3. The molecular formula is C19H16ClN5O4. The number of rotatable bonds is 6. The van der Waals surface area contributed by atoms with Crippen LogP contribution in [0.4, 0.5) is 5.69 Å². The van der Waals surface area contributed by atoms with Gasteiger partial charge < -0.3 is 20.7 Å². The fourth-order valence-electron chi connectivity index (χ4n) is 2.69. The van der Waals surface area contributed by atoms with Crippen LogP contribution in [-0.2, 0) is 16.1 Å². The number of carbonyl (C=O) groups excluding carboxylic acids is 3. The van der Waals surface area contributed by atoms with Gasteiger partial charge in [0.2, 0.25) is 11.8 Å². The summed E-state index contributed by atoms with van der Waals surface area (Å²) in [6.07, 6.45) is 0. The Morgan fingerprint density at radius 2 is 1.79 bits per heavy atom. The summed E-state index contributed by atoms with van der Waals surface area (Å²) in [5.74, 6) is -2.18. The molecule has 0 fully saturated rings. The Morgan fingerprint density at radius 3 is 2.48 bits per heavy atom. The van der Waals surface area contributed by atoms with Crippen LogP contribution in [0.2, 0.25) is 5.02 Å². The normalized spacial score (nSPS) is 11.1. The van der Waals surface area contributed by atoms with E-state index >= 15 is 0 Å². The highest BCUT2D eigenvalue weighted by molar-refractivity contribution is 6.30. The topological polar surface area (TPSA) is 139 Å². The molecule has 0 spiro atoms. The summed E-state index contributed by atoms with van der Waals surface area (Å²) in [5.41, 5.74) is 6.09. The second kappa shape index (κ2) is 8.53. The van der Waals surface area contributed by atoms with Crippen LogP contribution in [0.15, 0.2) is 58.8 Å². The number of nitrogens with one attached hydrogen (secondary N) is 1. The minimum Gasteiger partial charge on any atom is -0.493 e. The summed E-state index contributed by atoms with van der Waals surface area (Å²) in [5, 5.41) is 21.1. The van der Waals surface area contributed by atoms with Crippen LogP contribution in [-0.4, -0.2) is 33.9 Å². The molecule has 0 aliphatic heterocycles. The minimum atomic E-state index is -0.724. The number of aromatic nitrogens is 1. The van der Waals surface area contributed by atoms with E-state index < -0.39 is 17.7 Å². The zero-order chi connectivity index (χ0) is 21.0. The van der Waals surface area contributed by atoms with E-state index in [1.807, 2.05) is 0 Å². The van der Waals surface area contributed by atoms with Gasteiger partial charge in [-0.3, -0.25) is 14.4 Å². The maximum atomic E-state index is 12.0. The van der Waals surface area contributed by atoms with Crippen molar-refractivity contribution in [1.82, 2.24) is 9.88 Å². The number of carbonyl (C=O) groups is 3. The fraction of sp³-hybridized carbons (Fsp3) is 0.105. The maximum absolute atomic E-state index is 12.0. The van der Waals surface area contributed by atoms with Crippen LogP contribution in [0, 0.1) is 0 Å². The van der Waals surface area contributed by atoms with Gasteiger partial charge in [-0.1, -0.05) is 29.8 Å². The molecule has 0 atom stereocenters. The molecule has 0 radical (unpaired) electrons. The number of halogens is 1. The van der Waals surface area contributed by atoms with E-state index in [0.717, 1.165) is 0 Å². The molecule has 10 heteroatoms. The van der Waals surface area contributed by atoms with Crippen molar-refractivity contribution in [1.29, 1.82) is 0 Å². The van der Waals surface area contributed by atoms with E-state index in [4.69, 9.17) is 17.3 Å². The molecule has 0 bridgehead atoms. The Bertz CT molecular complexity index is 1120. The SMILES string of the molecule is NC(=O)Cn1c(O)c(N=NC(=O)CNC(=O)c2ccc(Cl)cc2)c2ccccc21. The van der Waals surface area contributed by atoms with Gasteiger partial charge in [0.1, 0.15) is 13.1 Å². The van der Waals surface area contributed by atoms with Crippen molar-refractivity contribution in [3.8, 4) is 5.88 Å². The second-order valence-corrected chi connectivity index (χ2v) is 6.46. The number of para-hydroxylation sites is 1. The minimum absolute atomic E-state index is 0.0271. The Labute approximate surface area is 169 Å². The summed E-state index contributed by atoms with van der Waals surface area (Å²) >= 11 is 5.77. The first-order chi connectivity index (χ1) is 13.9. The highest BCUT2D eigenvalue weighted by Crippen LogP contribution is 2.38. The molecule has 0 aliphatic carbocycles. The molecule has 0 saturated heterocycles. The van der Waals surface area contributed by atoms with Gasteiger partial charge in [-0.05, 0) is 30.3 Å². The van der Waals surface area contributed by atoms with Crippen molar-refractivity contribution in [3.63, 3.8) is 0 Å². The molecule has 3 aromatic rings. The van der Waals surface area contributed by atoms with Gasteiger partial charge in [0.15, 0.2) is 5.69 Å². The molecule has 0 saturated carbocycles. The van der Waals surface area contributed by atoms with Crippen molar-refractivity contribution >= 4 is 45.9 Å². The average Bonchev–Trinajstić information content (AvgIpc) is 2.96. The van der Waals surface area contributed by atoms with Gasteiger partial charge in [0.25, 0.3) is 11.8 Å². The van der Waals surface area contributed by atoms with Crippen molar-refractivity contribution in [2.75, 3.05) is 6.54 Å². The van der Waals surface area contributed by atoms with Crippen LogP contribution >= 0.6 is 11.6 Å².